The highest BCUT2D eigenvalue weighted by Gasteiger charge is 2.51. The Balaban J connectivity index is 1.04. The Kier molecular flexibility index (Phi) is 7.49. The van der Waals surface area contributed by atoms with Crippen LogP contribution >= 0.6 is 0 Å². The molecule has 11 aromatic rings. The van der Waals surface area contributed by atoms with Crippen LogP contribution in [0.15, 0.2) is 218 Å². The van der Waals surface area contributed by atoms with Gasteiger partial charge in [0.05, 0.1) is 16.4 Å². The molecule has 62 heavy (non-hydrogen) atoms. The van der Waals surface area contributed by atoms with Gasteiger partial charge in [0.2, 0.25) is 5.95 Å². The molecule has 4 nitrogen and oxygen atoms in total. The van der Waals surface area contributed by atoms with E-state index in [0.717, 1.165) is 49.6 Å². The van der Waals surface area contributed by atoms with Gasteiger partial charge in [-0.3, -0.25) is 4.57 Å². The summed E-state index contributed by atoms with van der Waals surface area (Å²) >= 11 is 0. The zero-order valence-corrected chi connectivity index (χ0v) is 33.6. The molecule has 4 heteroatoms. The first-order valence-corrected chi connectivity index (χ1v) is 21.2. The van der Waals surface area contributed by atoms with E-state index in [1.165, 1.54) is 50.1 Å². The van der Waals surface area contributed by atoms with Crippen LogP contribution in [-0.2, 0) is 5.41 Å². The van der Waals surface area contributed by atoms with Crippen molar-refractivity contribution < 1.29 is 0 Å². The number of rotatable bonds is 5. The van der Waals surface area contributed by atoms with Crippen LogP contribution in [0.1, 0.15) is 22.3 Å². The van der Waals surface area contributed by atoms with Crippen molar-refractivity contribution in [3.63, 3.8) is 0 Å². The van der Waals surface area contributed by atoms with Gasteiger partial charge < -0.3 is 0 Å². The monoisotopic (exact) mass is 788 g/mol. The van der Waals surface area contributed by atoms with Gasteiger partial charge in [-0.15, -0.1) is 0 Å². The molecule has 0 atom stereocenters. The fraction of sp³-hybridized carbons (Fsp3) is 0.0172. The van der Waals surface area contributed by atoms with Crippen molar-refractivity contribution in [2.45, 2.75) is 5.41 Å². The average Bonchev–Trinajstić information content (AvgIpc) is 3.96. The molecular formula is C58H36N4. The summed E-state index contributed by atoms with van der Waals surface area (Å²) in [5.41, 5.74) is 18.6. The lowest BCUT2D eigenvalue weighted by molar-refractivity contribution is 0.794. The Hall–Kier alpha value is -8.21. The Morgan fingerprint density at radius 3 is 1.42 bits per heavy atom. The van der Waals surface area contributed by atoms with E-state index < -0.39 is 5.41 Å². The zero-order chi connectivity index (χ0) is 40.8. The molecule has 0 saturated heterocycles. The minimum Gasteiger partial charge on any atom is -0.277 e. The molecule has 0 amide bonds. The van der Waals surface area contributed by atoms with Crippen molar-refractivity contribution >= 4 is 21.8 Å². The minimum atomic E-state index is -0.396. The summed E-state index contributed by atoms with van der Waals surface area (Å²) in [7, 11) is 0. The molecule has 0 aliphatic heterocycles. The highest BCUT2D eigenvalue weighted by molar-refractivity contribution is 6.14. The Morgan fingerprint density at radius 1 is 0.306 bits per heavy atom. The summed E-state index contributed by atoms with van der Waals surface area (Å²) in [6.45, 7) is 0. The number of hydrogen-bond donors (Lipinski definition) is 0. The van der Waals surface area contributed by atoms with E-state index in [4.69, 9.17) is 15.0 Å². The maximum atomic E-state index is 5.33. The molecule has 1 spiro atoms. The first kappa shape index (κ1) is 34.6. The van der Waals surface area contributed by atoms with Gasteiger partial charge in [-0.05, 0) is 73.3 Å². The lowest BCUT2D eigenvalue weighted by atomic mass is 9.70. The number of benzene rings is 9. The fourth-order valence-corrected chi connectivity index (χ4v) is 10.5. The molecular weight excluding hydrogens is 753 g/mol. The van der Waals surface area contributed by atoms with Crippen LogP contribution < -0.4 is 0 Å². The first-order valence-electron chi connectivity index (χ1n) is 21.2. The zero-order valence-electron chi connectivity index (χ0n) is 33.6. The van der Waals surface area contributed by atoms with Crippen molar-refractivity contribution in [3.05, 3.63) is 241 Å². The van der Waals surface area contributed by atoms with Gasteiger partial charge in [0.25, 0.3) is 0 Å². The summed E-state index contributed by atoms with van der Waals surface area (Å²) in [6, 6.07) is 78.6. The van der Waals surface area contributed by atoms with Crippen molar-refractivity contribution in [2.75, 3.05) is 0 Å². The van der Waals surface area contributed by atoms with Crippen molar-refractivity contribution in [1.82, 2.24) is 19.5 Å². The average molecular weight is 789 g/mol. The predicted octanol–water partition coefficient (Wildman–Crippen LogP) is 14.0. The third-order valence-corrected chi connectivity index (χ3v) is 13.1. The van der Waals surface area contributed by atoms with Gasteiger partial charge in [0.1, 0.15) is 0 Å². The van der Waals surface area contributed by atoms with Gasteiger partial charge in [-0.1, -0.05) is 206 Å². The standard InChI is InChI=1S/C58H36N4/c1-3-16-37(17-4-1)38-30-32-40(33-31-38)56-59-55(39-18-5-2-6-19-39)60-57(61-56)62-53-29-14-10-23-46(53)47-25-15-24-42(54(47)62)41-34-35-52-48(36-41)45-22-9-13-28-51(45)58(52)49-26-11-7-20-43(49)44-21-8-12-27-50(44)58/h1-36H. The molecule has 2 aliphatic rings. The number of para-hydroxylation sites is 2. The highest BCUT2D eigenvalue weighted by atomic mass is 15.2. The fourth-order valence-electron chi connectivity index (χ4n) is 10.5. The summed E-state index contributed by atoms with van der Waals surface area (Å²) in [5.74, 6) is 1.82. The number of aromatic nitrogens is 4. The molecule has 0 fully saturated rings. The Morgan fingerprint density at radius 2 is 0.758 bits per heavy atom. The quantitative estimate of drug-likeness (QED) is 0.174. The second-order valence-corrected chi connectivity index (χ2v) is 16.3. The van der Waals surface area contributed by atoms with Crippen LogP contribution in [0.3, 0.4) is 0 Å². The molecule has 288 valence electrons. The Labute approximate surface area is 359 Å². The molecule has 0 saturated carbocycles. The molecule has 9 aromatic carbocycles. The van der Waals surface area contributed by atoms with E-state index in [-0.39, 0.29) is 0 Å². The molecule has 2 heterocycles. The van der Waals surface area contributed by atoms with E-state index in [1.54, 1.807) is 0 Å². The smallest absolute Gasteiger partial charge is 0.238 e. The third-order valence-electron chi connectivity index (χ3n) is 13.1. The van der Waals surface area contributed by atoms with E-state index in [2.05, 4.69) is 199 Å². The van der Waals surface area contributed by atoms with Crippen molar-refractivity contribution in [3.8, 4) is 73.2 Å². The largest absolute Gasteiger partial charge is 0.277 e. The van der Waals surface area contributed by atoms with Crippen LogP contribution in [0, 0.1) is 0 Å². The van der Waals surface area contributed by atoms with E-state index in [9.17, 15) is 0 Å². The van der Waals surface area contributed by atoms with Gasteiger partial charge in [-0.25, -0.2) is 4.98 Å². The molecule has 0 unspecified atom stereocenters. The number of hydrogen-bond acceptors (Lipinski definition) is 3. The topological polar surface area (TPSA) is 43.6 Å². The van der Waals surface area contributed by atoms with Crippen LogP contribution in [0.25, 0.3) is 95.0 Å². The highest BCUT2D eigenvalue weighted by Crippen LogP contribution is 2.63. The summed E-state index contributed by atoms with van der Waals surface area (Å²) < 4.78 is 2.25. The summed E-state index contributed by atoms with van der Waals surface area (Å²) in [5, 5.41) is 2.29. The molecule has 0 N–H and O–H groups in total. The molecule has 2 aliphatic carbocycles. The SMILES string of the molecule is c1ccc(-c2ccc(-c3nc(-c4ccccc4)nc(-n4c5ccccc5c5cccc(-c6ccc7c(c6)-c6ccccc6C76c7ccccc7-c7ccccc76)c54)n3)cc2)cc1. The second-order valence-electron chi connectivity index (χ2n) is 16.3. The summed E-state index contributed by atoms with van der Waals surface area (Å²) in [6.07, 6.45) is 0. The van der Waals surface area contributed by atoms with Crippen LogP contribution in [0.4, 0.5) is 0 Å². The van der Waals surface area contributed by atoms with Crippen molar-refractivity contribution in [2.24, 2.45) is 0 Å². The lowest BCUT2D eigenvalue weighted by Gasteiger charge is -2.30. The van der Waals surface area contributed by atoms with Gasteiger partial charge in [0, 0.05) is 27.5 Å². The molecule has 2 aromatic heterocycles. The van der Waals surface area contributed by atoms with Gasteiger partial charge in [-0.2, -0.15) is 9.97 Å². The predicted molar refractivity (Wildman–Crippen MR) is 252 cm³/mol. The van der Waals surface area contributed by atoms with Crippen LogP contribution in [-0.4, -0.2) is 19.5 Å². The maximum absolute atomic E-state index is 5.33. The number of fused-ring (bicyclic) bond motifs is 13. The third kappa shape index (κ3) is 4.92. The molecule has 0 radical (unpaired) electrons. The minimum absolute atomic E-state index is 0.396. The Bertz CT molecular complexity index is 3520. The van der Waals surface area contributed by atoms with E-state index in [0.29, 0.717) is 17.6 Å². The molecule has 0 bridgehead atoms. The normalized spacial score (nSPS) is 13.0. The van der Waals surface area contributed by atoms with Crippen LogP contribution in [0.5, 0.6) is 0 Å². The molecule has 13 rings (SSSR count). The lowest BCUT2D eigenvalue weighted by Crippen LogP contribution is -2.25. The first-order chi connectivity index (χ1) is 30.8. The summed E-state index contributed by atoms with van der Waals surface area (Å²) in [4.78, 5) is 15.7. The maximum Gasteiger partial charge on any atom is 0.238 e. The number of nitrogens with zero attached hydrogens (tertiary/aromatic N) is 4. The second kappa shape index (κ2) is 13.4. The van der Waals surface area contributed by atoms with Crippen LogP contribution in [0.2, 0.25) is 0 Å². The van der Waals surface area contributed by atoms with E-state index >= 15 is 0 Å². The van der Waals surface area contributed by atoms with E-state index in [1.807, 2.05) is 24.3 Å². The van der Waals surface area contributed by atoms with Crippen molar-refractivity contribution in [1.29, 1.82) is 0 Å². The van der Waals surface area contributed by atoms with Gasteiger partial charge >= 0.3 is 0 Å². The van der Waals surface area contributed by atoms with Gasteiger partial charge in [0.15, 0.2) is 11.6 Å².